The van der Waals surface area contributed by atoms with Crippen LogP contribution in [-0.2, 0) is 4.79 Å². The molecule has 4 heteroatoms. The molecule has 0 aromatic carbocycles. The highest BCUT2D eigenvalue weighted by Gasteiger charge is 2.48. The fourth-order valence-corrected chi connectivity index (χ4v) is 4.37. The van der Waals surface area contributed by atoms with Crippen molar-refractivity contribution in [1.29, 1.82) is 0 Å². The molecule has 3 aliphatic carbocycles. The summed E-state index contributed by atoms with van der Waals surface area (Å²) in [7, 11) is 2.27. The zero-order valence-electron chi connectivity index (χ0n) is 13.4. The SMILES string of the molecule is CN(C1CCCCCC1)C1CCC(NC2CC2)(C(N)=O)C1. The zero-order chi connectivity index (χ0) is 14.9. The molecular formula is C17H31N3O. The van der Waals surface area contributed by atoms with E-state index < -0.39 is 5.54 Å². The van der Waals surface area contributed by atoms with E-state index in [0.717, 1.165) is 19.3 Å². The summed E-state index contributed by atoms with van der Waals surface area (Å²) in [5.74, 6) is -0.133. The van der Waals surface area contributed by atoms with Crippen molar-refractivity contribution in [2.75, 3.05) is 7.05 Å². The second kappa shape index (κ2) is 6.25. The third-order valence-corrected chi connectivity index (χ3v) is 5.99. The van der Waals surface area contributed by atoms with Crippen LogP contribution in [-0.4, -0.2) is 41.5 Å². The van der Waals surface area contributed by atoms with Gasteiger partial charge in [0.1, 0.15) is 0 Å². The number of carbonyl (C=O) groups excluding carboxylic acids is 1. The topological polar surface area (TPSA) is 58.4 Å². The highest BCUT2D eigenvalue weighted by atomic mass is 16.1. The second-order valence-electron chi connectivity index (χ2n) is 7.57. The number of carbonyl (C=O) groups is 1. The summed E-state index contributed by atoms with van der Waals surface area (Å²) >= 11 is 0. The third kappa shape index (κ3) is 3.42. The van der Waals surface area contributed by atoms with Gasteiger partial charge in [-0.15, -0.1) is 0 Å². The van der Waals surface area contributed by atoms with Gasteiger partial charge in [-0.3, -0.25) is 4.79 Å². The Labute approximate surface area is 128 Å². The normalized spacial score (nSPS) is 35.0. The molecule has 3 N–H and O–H groups in total. The van der Waals surface area contributed by atoms with Crippen LogP contribution in [0.4, 0.5) is 0 Å². The van der Waals surface area contributed by atoms with Crippen molar-refractivity contribution in [3.63, 3.8) is 0 Å². The minimum atomic E-state index is -0.426. The first kappa shape index (κ1) is 15.3. The minimum Gasteiger partial charge on any atom is -0.368 e. The van der Waals surface area contributed by atoms with Crippen LogP contribution >= 0.6 is 0 Å². The number of rotatable bonds is 5. The zero-order valence-corrected chi connectivity index (χ0v) is 13.4. The highest BCUT2D eigenvalue weighted by Crippen LogP contribution is 2.37. The van der Waals surface area contributed by atoms with Gasteiger partial charge >= 0.3 is 0 Å². The van der Waals surface area contributed by atoms with E-state index in [0.29, 0.717) is 18.1 Å². The van der Waals surface area contributed by atoms with Gasteiger partial charge in [-0.25, -0.2) is 0 Å². The van der Waals surface area contributed by atoms with Gasteiger partial charge in [-0.2, -0.15) is 0 Å². The Bertz CT molecular complexity index is 374. The fraction of sp³-hybridized carbons (Fsp3) is 0.941. The van der Waals surface area contributed by atoms with Crippen molar-refractivity contribution >= 4 is 5.91 Å². The number of amides is 1. The molecule has 0 radical (unpaired) electrons. The lowest BCUT2D eigenvalue weighted by Crippen LogP contribution is -2.55. The lowest BCUT2D eigenvalue weighted by molar-refractivity contribution is -0.124. The number of hydrogen-bond donors (Lipinski definition) is 2. The van der Waals surface area contributed by atoms with Gasteiger partial charge in [0.2, 0.25) is 5.91 Å². The van der Waals surface area contributed by atoms with Gasteiger partial charge in [0.15, 0.2) is 0 Å². The van der Waals surface area contributed by atoms with Crippen LogP contribution in [0.3, 0.4) is 0 Å². The Morgan fingerprint density at radius 1 is 1.05 bits per heavy atom. The molecule has 0 spiro atoms. The maximum Gasteiger partial charge on any atom is 0.237 e. The average Bonchev–Trinajstić information content (AvgIpc) is 3.21. The van der Waals surface area contributed by atoms with Crippen LogP contribution in [0.1, 0.15) is 70.6 Å². The van der Waals surface area contributed by atoms with Crippen molar-refractivity contribution in [2.24, 2.45) is 5.73 Å². The Kier molecular flexibility index (Phi) is 4.55. The van der Waals surface area contributed by atoms with Crippen molar-refractivity contribution in [3.05, 3.63) is 0 Å². The maximum atomic E-state index is 12.0. The first-order valence-corrected chi connectivity index (χ1v) is 8.90. The molecule has 0 saturated heterocycles. The summed E-state index contributed by atoms with van der Waals surface area (Å²) in [5.41, 5.74) is 5.33. The first-order chi connectivity index (χ1) is 10.1. The average molecular weight is 293 g/mol. The monoisotopic (exact) mass is 293 g/mol. The van der Waals surface area contributed by atoms with E-state index >= 15 is 0 Å². The molecule has 0 heterocycles. The quantitative estimate of drug-likeness (QED) is 0.764. The van der Waals surface area contributed by atoms with E-state index in [9.17, 15) is 4.79 Å². The summed E-state index contributed by atoms with van der Waals surface area (Å²) in [4.78, 5) is 14.6. The van der Waals surface area contributed by atoms with E-state index in [-0.39, 0.29) is 5.91 Å². The first-order valence-electron chi connectivity index (χ1n) is 8.90. The van der Waals surface area contributed by atoms with Crippen molar-refractivity contribution < 1.29 is 4.79 Å². The molecule has 120 valence electrons. The summed E-state index contributed by atoms with van der Waals surface area (Å²) < 4.78 is 0. The molecule has 21 heavy (non-hydrogen) atoms. The van der Waals surface area contributed by atoms with Crippen molar-refractivity contribution in [3.8, 4) is 0 Å². The molecule has 2 unspecified atom stereocenters. The molecule has 4 nitrogen and oxygen atoms in total. The number of hydrogen-bond acceptors (Lipinski definition) is 3. The van der Waals surface area contributed by atoms with Gasteiger partial charge < -0.3 is 16.0 Å². The molecule has 0 aromatic rings. The molecule has 3 aliphatic rings. The highest BCUT2D eigenvalue weighted by molar-refractivity contribution is 5.85. The number of nitrogens with one attached hydrogen (secondary N) is 1. The van der Waals surface area contributed by atoms with Gasteiger partial charge in [0, 0.05) is 18.1 Å². The fourth-order valence-electron chi connectivity index (χ4n) is 4.37. The van der Waals surface area contributed by atoms with Crippen LogP contribution < -0.4 is 11.1 Å². The Morgan fingerprint density at radius 3 is 2.29 bits per heavy atom. The number of nitrogens with two attached hydrogens (primary N) is 1. The summed E-state index contributed by atoms with van der Waals surface area (Å²) in [6, 6.07) is 1.77. The van der Waals surface area contributed by atoms with Crippen LogP contribution in [0.5, 0.6) is 0 Å². The molecule has 0 aliphatic heterocycles. The lowest BCUT2D eigenvalue weighted by Gasteiger charge is -2.34. The van der Waals surface area contributed by atoms with Gasteiger partial charge in [-0.05, 0) is 52.0 Å². The van der Waals surface area contributed by atoms with Gasteiger partial charge in [0.05, 0.1) is 5.54 Å². The molecule has 2 atom stereocenters. The van der Waals surface area contributed by atoms with Crippen LogP contribution in [0.2, 0.25) is 0 Å². The van der Waals surface area contributed by atoms with Crippen LogP contribution in [0.15, 0.2) is 0 Å². The predicted molar refractivity (Wildman–Crippen MR) is 85.0 cm³/mol. The van der Waals surface area contributed by atoms with Gasteiger partial charge in [0.25, 0.3) is 0 Å². The number of nitrogens with zero attached hydrogens (tertiary/aromatic N) is 1. The molecule has 3 fully saturated rings. The van der Waals surface area contributed by atoms with Crippen LogP contribution in [0.25, 0.3) is 0 Å². The smallest absolute Gasteiger partial charge is 0.237 e. The molecule has 0 bridgehead atoms. The maximum absolute atomic E-state index is 12.0. The van der Waals surface area contributed by atoms with E-state index in [1.54, 1.807) is 0 Å². The Balaban J connectivity index is 1.62. The summed E-state index contributed by atoms with van der Waals surface area (Å²) in [6.07, 6.45) is 13.5. The predicted octanol–water partition coefficient (Wildman–Crippen LogP) is 2.17. The minimum absolute atomic E-state index is 0.133. The largest absolute Gasteiger partial charge is 0.368 e. The van der Waals surface area contributed by atoms with E-state index in [1.165, 1.54) is 51.4 Å². The molecular weight excluding hydrogens is 262 g/mol. The Morgan fingerprint density at radius 2 is 1.71 bits per heavy atom. The third-order valence-electron chi connectivity index (χ3n) is 5.99. The lowest BCUT2D eigenvalue weighted by atomic mass is 9.95. The van der Waals surface area contributed by atoms with Gasteiger partial charge in [-0.1, -0.05) is 25.7 Å². The standard InChI is InChI=1S/C17H31N3O/c1-20(14-6-4-2-3-5-7-14)15-10-11-17(12-15,16(18)21)19-13-8-9-13/h13-15,19H,2-12H2,1H3,(H2,18,21). The van der Waals surface area contributed by atoms with Crippen molar-refractivity contribution in [1.82, 2.24) is 10.2 Å². The molecule has 3 rings (SSSR count). The molecule has 1 amide bonds. The van der Waals surface area contributed by atoms with Crippen LogP contribution in [0, 0.1) is 0 Å². The summed E-state index contributed by atoms with van der Waals surface area (Å²) in [5, 5.41) is 3.56. The van der Waals surface area contributed by atoms with E-state index in [2.05, 4.69) is 17.3 Å². The van der Waals surface area contributed by atoms with E-state index in [1.807, 2.05) is 0 Å². The number of primary amides is 1. The Hall–Kier alpha value is -0.610. The summed E-state index contributed by atoms with van der Waals surface area (Å²) in [6.45, 7) is 0. The second-order valence-corrected chi connectivity index (χ2v) is 7.57. The molecule has 0 aromatic heterocycles. The van der Waals surface area contributed by atoms with E-state index in [4.69, 9.17) is 5.73 Å². The van der Waals surface area contributed by atoms with Crippen molar-refractivity contribution in [2.45, 2.75) is 94.3 Å². The molecule has 3 saturated carbocycles.